The highest BCUT2D eigenvalue weighted by atomic mass is 32.2. The number of nitrogens with zero attached hydrogens (tertiary/aromatic N) is 2. The van der Waals surface area contributed by atoms with Gasteiger partial charge >= 0.3 is 0 Å². The lowest BCUT2D eigenvalue weighted by Crippen LogP contribution is -2.32. The van der Waals surface area contributed by atoms with Crippen LogP contribution in [0, 0.1) is 6.92 Å². The number of hydrogen-bond donors (Lipinski definition) is 1. The summed E-state index contributed by atoms with van der Waals surface area (Å²) in [7, 11) is -2.54. The van der Waals surface area contributed by atoms with Crippen LogP contribution in [0.3, 0.4) is 0 Å². The minimum Gasteiger partial charge on any atom is -0.497 e. The number of carbonyl (C=O) groups excluding carboxylic acids is 1. The van der Waals surface area contributed by atoms with Crippen LogP contribution in [0.2, 0.25) is 0 Å². The van der Waals surface area contributed by atoms with E-state index in [1.165, 1.54) is 29.1 Å². The second-order valence-electron chi connectivity index (χ2n) is 10.2. The Bertz CT molecular complexity index is 2040. The number of ether oxygens (including phenoxy) is 1. The maximum absolute atomic E-state index is 14.1. The average Bonchev–Trinajstić information content (AvgIpc) is 3.47. The highest BCUT2D eigenvalue weighted by Crippen LogP contribution is 2.33. The molecule has 1 aromatic heterocycles. The van der Waals surface area contributed by atoms with Gasteiger partial charge in [0.15, 0.2) is 0 Å². The lowest BCUT2D eigenvalue weighted by molar-refractivity contribution is 0.102. The van der Waals surface area contributed by atoms with E-state index in [9.17, 15) is 13.2 Å². The van der Waals surface area contributed by atoms with E-state index < -0.39 is 15.9 Å². The molecule has 0 spiro atoms. The van der Waals surface area contributed by atoms with Gasteiger partial charge < -0.3 is 10.1 Å². The van der Waals surface area contributed by atoms with Gasteiger partial charge in [0.25, 0.3) is 15.9 Å². The van der Waals surface area contributed by atoms with Gasteiger partial charge in [-0.25, -0.2) is 13.4 Å². The number of rotatable bonds is 9. The first-order valence-corrected chi connectivity index (χ1v) is 16.2. The van der Waals surface area contributed by atoms with Crippen molar-refractivity contribution < 1.29 is 17.9 Å². The van der Waals surface area contributed by atoms with Crippen LogP contribution in [0.5, 0.6) is 5.75 Å². The van der Waals surface area contributed by atoms with Crippen molar-refractivity contribution in [3.8, 4) is 16.3 Å². The average molecular weight is 620 g/mol. The maximum atomic E-state index is 14.1. The van der Waals surface area contributed by atoms with Crippen LogP contribution in [0.25, 0.3) is 20.8 Å². The quantitative estimate of drug-likeness (QED) is 0.178. The van der Waals surface area contributed by atoms with Crippen LogP contribution >= 0.6 is 11.3 Å². The molecule has 0 saturated carbocycles. The van der Waals surface area contributed by atoms with Gasteiger partial charge in [0, 0.05) is 11.3 Å². The number of methoxy groups -OCH3 is 1. The highest BCUT2D eigenvalue weighted by Gasteiger charge is 2.29. The van der Waals surface area contributed by atoms with Gasteiger partial charge in [0.2, 0.25) is 0 Å². The lowest BCUT2D eigenvalue weighted by Gasteiger charge is -2.26. The first-order chi connectivity index (χ1) is 21.3. The third-order valence-electron chi connectivity index (χ3n) is 7.17. The highest BCUT2D eigenvalue weighted by molar-refractivity contribution is 7.92. The number of hydrogen-bond acceptors (Lipinski definition) is 6. The number of thiazole rings is 1. The number of carbonyl (C=O) groups is 1. The van der Waals surface area contributed by atoms with Crippen molar-refractivity contribution in [2.24, 2.45) is 0 Å². The van der Waals surface area contributed by atoms with Crippen molar-refractivity contribution in [1.29, 1.82) is 0 Å². The summed E-state index contributed by atoms with van der Waals surface area (Å²) in [6.07, 6.45) is 0. The molecule has 1 heterocycles. The fourth-order valence-corrected chi connectivity index (χ4v) is 7.40. The van der Waals surface area contributed by atoms with Gasteiger partial charge in [-0.2, -0.15) is 0 Å². The molecule has 9 heteroatoms. The monoisotopic (exact) mass is 619 g/mol. The van der Waals surface area contributed by atoms with Crippen LogP contribution in [0.4, 0.5) is 11.4 Å². The van der Waals surface area contributed by atoms with E-state index in [2.05, 4.69) is 18.3 Å². The van der Waals surface area contributed by atoms with E-state index in [4.69, 9.17) is 9.72 Å². The van der Waals surface area contributed by atoms with Crippen LogP contribution in [0.15, 0.2) is 126 Å². The van der Waals surface area contributed by atoms with Gasteiger partial charge in [-0.3, -0.25) is 9.10 Å². The molecule has 220 valence electrons. The fraction of sp³-hybridized carbons (Fsp3) is 0.0857. The van der Waals surface area contributed by atoms with Crippen LogP contribution < -0.4 is 14.4 Å². The zero-order chi connectivity index (χ0) is 30.7. The van der Waals surface area contributed by atoms with E-state index in [0.29, 0.717) is 11.4 Å². The van der Waals surface area contributed by atoms with Crippen LogP contribution in [0.1, 0.15) is 21.5 Å². The molecule has 1 N–H and O–H groups in total. The van der Waals surface area contributed by atoms with Crippen molar-refractivity contribution in [3.63, 3.8) is 0 Å². The van der Waals surface area contributed by atoms with Crippen molar-refractivity contribution in [2.75, 3.05) is 16.7 Å². The van der Waals surface area contributed by atoms with Crippen molar-refractivity contribution in [1.82, 2.24) is 4.98 Å². The standard InChI is InChI=1S/C35H29N3O4S2/c1-24-12-21-31-33(22-24)43-35(37-31)26-13-15-27(16-14-26)36-34(39)30-10-6-7-11-32(30)38(23-25-8-4-3-5-9-25)44(40,41)29-19-17-28(42-2)18-20-29/h3-22H,23H2,1-2H3,(H,36,39). The molecular formula is C35H29N3O4S2. The molecule has 0 atom stereocenters. The summed E-state index contributed by atoms with van der Waals surface area (Å²) in [6, 6.07) is 35.9. The molecule has 7 nitrogen and oxygen atoms in total. The summed E-state index contributed by atoms with van der Waals surface area (Å²) in [5, 5.41) is 3.84. The lowest BCUT2D eigenvalue weighted by atomic mass is 10.1. The van der Waals surface area contributed by atoms with E-state index in [-0.39, 0.29) is 22.7 Å². The third-order valence-corrected chi connectivity index (χ3v) is 10.0. The number of anilines is 2. The van der Waals surface area contributed by atoms with Gasteiger partial charge in [-0.05, 0) is 90.8 Å². The maximum Gasteiger partial charge on any atom is 0.264 e. The van der Waals surface area contributed by atoms with Gasteiger partial charge in [0.1, 0.15) is 10.8 Å². The number of benzene rings is 5. The molecule has 0 aliphatic heterocycles. The second kappa shape index (κ2) is 12.3. The number of para-hydroxylation sites is 1. The first-order valence-electron chi connectivity index (χ1n) is 13.9. The minimum absolute atomic E-state index is 0.0376. The van der Waals surface area contributed by atoms with Crippen LogP contribution in [-0.4, -0.2) is 26.4 Å². The second-order valence-corrected chi connectivity index (χ2v) is 13.1. The Morgan fingerprint density at radius 2 is 1.57 bits per heavy atom. The smallest absolute Gasteiger partial charge is 0.264 e. The van der Waals surface area contributed by atoms with Crippen molar-refractivity contribution in [3.05, 3.63) is 138 Å². The number of aromatic nitrogens is 1. The molecule has 0 radical (unpaired) electrons. The van der Waals surface area contributed by atoms with E-state index in [1.54, 1.807) is 47.7 Å². The number of nitrogens with one attached hydrogen (secondary N) is 1. The number of fused-ring (bicyclic) bond motifs is 1. The molecule has 0 saturated heterocycles. The predicted molar refractivity (Wildman–Crippen MR) is 177 cm³/mol. The zero-order valence-corrected chi connectivity index (χ0v) is 25.7. The largest absolute Gasteiger partial charge is 0.497 e. The molecule has 0 aliphatic rings. The Hall–Kier alpha value is -4.99. The summed E-state index contributed by atoms with van der Waals surface area (Å²) >= 11 is 1.62. The van der Waals surface area contributed by atoms with Crippen molar-refractivity contribution in [2.45, 2.75) is 18.4 Å². The predicted octanol–water partition coefficient (Wildman–Crippen LogP) is 7.93. The van der Waals surface area contributed by atoms with Crippen LogP contribution in [-0.2, 0) is 16.6 Å². The SMILES string of the molecule is COc1ccc(S(=O)(=O)N(Cc2ccccc2)c2ccccc2C(=O)Nc2ccc(-c3nc4ccc(C)cc4s3)cc2)cc1. The van der Waals surface area contributed by atoms with E-state index in [0.717, 1.165) is 26.4 Å². The summed E-state index contributed by atoms with van der Waals surface area (Å²) < 4.78 is 35.8. The Kier molecular flexibility index (Phi) is 8.15. The van der Waals surface area contributed by atoms with Crippen molar-refractivity contribution >= 4 is 48.9 Å². The molecule has 0 fully saturated rings. The Morgan fingerprint density at radius 3 is 2.30 bits per heavy atom. The Morgan fingerprint density at radius 1 is 0.864 bits per heavy atom. The zero-order valence-electron chi connectivity index (χ0n) is 24.1. The van der Waals surface area contributed by atoms with Gasteiger partial charge in [-0.1, -0.05) is 48.5 Å². The minimum atomic E-state index is -4.06. The van der Waals surface area contributed by atoms with Gasteiger partial charge in [0.05, 0.1) is 40.0 Å². The molecule has 44 heavy (non-hydrogen) atoms. The molecule has 5 aromatic carbocycles. The Balaban J connectivity index is 1.30. The summed E-state index contributed by atoms with van der Waals surface area (Å²) in [4.78, 5) is 18.5. The molecule has 0 unspecified atom stereocenters. The number of amides is 1. The normalized spacial score (nSPS) is 11.3. The summed E-state index contributed by atoms with van der Waals surface area (Å²) in [5.41, 5.74) is 4.94. The fourth-order valence-electron chi connectivity index (χ4n) is 4.86. The molecule has 1 amide bonds. The topological polar surface area (TPSA) is 88.6 Å². The molecule has 0 bridgehead atoms. The molecule has 6 rings (SSSR count). The molecular weight excluding hydrogens is 591 g/mol. The van der Waals surface area contributed by atoms with E-state index >= 15 is 0 Å². The summed E-state index contributed by atoms with van der Waals surface area (Å²) in [6.45, 7) is 2.10. The first kappa shape index (κ1) is 29.1. The number of aryl methyl sites for hydroxylation is 1. The van der Waals surface area contributed by atoms with E-state index in [1.807, 2.05) is 66.7 Å². The summed E-state index contributed by atoms with van der Waals surface area (Å²) in [5.74, 6) is 0.120. The Labute approximate surface area is 260 Å². The molecule has 0 aliphatic carbocycles. The third kappa shape index (κ3) is 6.06. The number of sulfonamides is 1. The molecule has 6 aromatic rings. The van der Waals surface area contributed by atoms with Gasteiger partial charge in [-0.15, -0.1) is 11.3 Å².